The van der Waals surface area contributed by atoms with Crippen molar-refractivity contribution in [3.63, 3.8) is 0 Å². The second kappa shape index (κ2) is 4.27. The van der Waals surface area contributed by atoms with E-state index in [1.807, 2.05) is 25.1 Å². The van der Waals surface area contributed by atoms with E-state index < -0.39 is 0 Å². The maximum Gasteiger partial charge on any atom is 0.123 e. The summed E-state index contributed by atoms with van der Waals surface area (Å²) in [4.78, 5) is 3.97. The highest BCUT2D eigenvalue weighted by molar-refractivity contribution is 5.77. The van der Waals surface area contributed by atoms with Gasteiger partial charge in [0.25, 0.3) is 0 Å². The van der Waals surface area contributed by atoms with Crippen LogP contribution in [0.5, 0.6) is 0 Å². The Balaban J connectivity index is 2.57. The molecule has 0 unspecified atom stereocenters. The highest BCUT2D eigenvalue weighted by Crippen LogP contribution is 2.30. The Hall–Kier alpha value is -1.96. The first-order valence-corrected chi connectivity index (χ1v) is 5.04. The Morgan fingerprint density at radius 2 is 1.75 bits per heavy atom. The molecular weight excluding hydrogens is 201 g/mol. The Kier molecular flexibility index (Phi) is 2.82. The van der Waals surface area contributed by atoms with Crippen LogP contribution in [0.3, 0.4) is 0 Å². The van der Waals surface area contributed by atoms with Gasteiger partial charge in [0.15, 0.2) is 0 Å². The molecule has 0 amide bonds. The first kappa shape index (κ1) is 10.6. The minimum Gasteiger partial charge on any atom is -0.264 e. The van der Waals surface area contributed by atoms with Gasteiger partial charge in [0.05, 0.1) is 5.69 Å². The fraction of sp³-hybridized carbons (Fsp3) is 0.0714. The fourth-order valence-electron chi connectivity index (χ4n) is 1.65. The molecule has 0 aromatic heterocycles. The zero-order valence-electron chi connectivity index (χ0n) is 9.07. The standard InChI is InChI=1S/C14H12FN/c1-10-3-8-14(16-2)13(9-10)11-4-6-12(15)7-5-11/h3-9H,2H2,1H3. The summed E-state index contributed by atoms with van der Waals surface area (Å²) < 4.78 is 12.8. The SMILES string of the molecule is C=Nc1ccc(C)cc1-c1ccc(F)cc1. The molecule has 0 atom stereocenters. The molecule has 0 radical (unpaired) electrons. The van der Waals surface area contributed by atoms with E-state index in [-0.39, 0.29) is 5.82 Å². The zero-order chi connectivity index (χ0) is 11.5. The van der Waals surface area contributed by atoms with Crippen LogP contribution in [-0.2, 0) is 0 Å². The smallest absolute Gasteiger partial charge is 0.123 e. The summed E-state index contributed by atoms with van der Waals surface area (Å²) in [7, 11) is 0. The third-order valence-electron chi connectivity index (χ3n) is 2.48. The fourth-order valence-corrected chi connectivity index (χ4v) is 1.65. The molecule has 0 fully saturated rings. The molecule has 1 nitrogen and oxygen atoms in total. The lowest BCUT2D eigenvalue weighted by molar-refractivity contribution is 0.628. The van der Waals surface area contributed by atoms with Crippen LogP contribution in [0.2, 0.25) is 0 Å². The first-order valence-electron chi connectivity index (χ1n) is 5.04. The summed E-state index contributed by atoms with van der Waals surface area (Å²) >= 11 is 0. The van der Waals surface area contributed by atoms with Gasteiger partial charge in [-0.3, -0.25) is 4.99 Å². The minimum atomic E-state index is -0.232. The van der Waals surface area contributed by atoms with Crippen LogP contribution in [0.1, 0.15) is 5.56 Å². The Morgan fingerprint density at radius 1 is 1.06 bits per heavy atom. The third-order valence-corrected chi connectivity index (χ3v) is 2.48. The molecule has 2 rings (SSSR count). The maximum atomic E-state index is 12.8. The summed E-state index contributed by atoms with van der Waals surface area (Å²) in [5.74, 6) is -0.232. The Morgan fingerprint density at radius 3 is 2.38 bits per heavy atom. The molecule has 0 spiro atoms. The molecule has 0 saturated carbocycles. The predicted octanol–water partition coefficient (Wildman–Crippen LogP) is 4.13. The van der Waals surface area contributed by atoms with Gasteiger partial charge in [-0.1, -0.05) is 23.8 Å². The zero-order valence-corrected chi connectivity index (χ0v) is 9.07. The number of hydrogen-bond donors (Lipinski definition) is 0. The second-order valence-electron chi connectivity index (χ2n) is 3.69. The van der Waals surface area contributed by atoms with Gasteiger partial charge in [-0.15, -0.1) is 0 Å². The topological polar surface area (TPSA) is 12.4 Å². The van der Waals surface area contributed by atoms with E-state index in [2.05, 4.69) is 11.7 Å². The van der Waals surface area contributed by atoms with Gasteiger partial charge in [-0.25, -0.2) is 4.39 Å². The molecule has 0 aliphatic rings. The summed E-state index contributed by atoms with van der Waals surface area (Å²) in [5.41, 5.74) is 3.89. The summed E-state index contributed by atoms with van der Waals surface area (Å²) in [6, 6.07) is 12.3. The molecule has 80 valence electrons. The van der Waals surface area contributed by atoms with E-state index in [1.54, 1.807) is 12.1 Å². The number of nitrogens with zero attached hydrogens (tertiary/aromatic N) is 1. The van der Waals surface area contributed by atoms with Crippen molar-refractivity contribution in [2.45, 2.75) is 6.92 Å². The molecule has 2 aromatic rings. The van der Waals surface area contributed by atoms with Crippen LogP contribution in [-0.4, -0.2) is 6.72 Å². The molecule has 0 heterocycles. The van der Waals surface area contributed by atoms with Gasteiger partial charge in [0.2, 0.25) is 0 Å². The number of benzene rings is 2. The van der Waals surface area contributed by atoms with E-state index in [4.69, 9.17) is 0 Å². The summed E-state index contributed by atoms with van der Waals surface area (Å²) in [5, 5.41) is 0. The van der Waals surface area contributed by atoms with Gasteiger partial charge in [-0.05, 0) is 43.5 Å². The summed E-state index contributed by atoms with van der Waals surface area (Å²) in [6.45, 7) is 5.55. The number of hydrogen-bond acceptors (Lipinski definition) is 1. The van der Waals surface area contributed by atoms with Crippen molar-refractivity contribution in [3.05, 3.63) is 53.8 Å². The van der Waals surface area contributed by atoms with Crippen molar-refractivity contribution in [3.8, 4) is 11.1 Å². The lowest BCUT2D eigenvalue weighted by Crippen LogP contribution is -1.82. The van der Waals surface area contributed by atoms with Crippen molar-refractivity contribution in [2.75, 3.05) is 0 Å². The molecule has 16 heavy (non-hydrogen) atoms. The van der Waals surface area contributed by atoms with Crippen molar-refractivity contribution in [2.24, 2.45) is 4.99 Å². The molecule has 0 bridgehead atoms. The van der Waals surface area contributed by atoms with Gasteiger partial charge in [0, 0.05) is 5.56 Å². The van der Waals surface area contributed by atoms with Crippen LogP contribution < -0.4 is 0 Å². The quantitative estimate of drug-likeness (QED) is 0.665. The summed E-state index contributed by atoms with van der Waals surface area (Å²) in [6.07, 6.45) is 0. The van der Waals surface area contributed by atoms with Crippen molar-refractivity contribution >= 4 is 12.4 Å². The molecule has 0 N–H and O–H groups in total. The van der Waals surface area contributed by atoms with Gasteiger partial charge in [-0.2, -0.15) is 0 Å². The molecule has 0 aliphatic carbocycles. The lowest BCUT2D eigenvalue weighted by atomic mass is 10.0. The van der Waals surface area contributed by atoms with Crippen molar-refractivity contribution in [1.29, 1.82) is 0 Å². The Labute approximate surface area is 94.3 Å². The maximum absolute atomic E-state index is 12.8. The van der Waals surface area contributed by atoms with Gasteiger partial charge < -0.3 is 0 Å². The van der Waals surface area contributed by atoms with Crippen molar-refractivity contribution < 1.29 is 4.39 Å². The van der Waals surface area contributed by atoms with E-state index in [0.717, 1.165) is 22.4 Å². The van der Waals surface area contributed by atoms with Crippen LogP contribution in [0, 0.1) is 12.7 Å². The first-order chi connectivity index (χ1) is 7.70. The van der Waals surface area contributed by atoms with Crippen LogP contribution in [0.4, 0.5) is 10.1 Å². The predicted molar refractivity (Wildman–Crippen MR) is 65.8 cm³/mol. The van der Waals surface area contributed by atoms with E-state index in [9.17, 15) is 4.39 Å². The van der Waals surface area contributed by atoms with Gasteiger partial charge >= 0.3 is 0 Å². The lowest BCUT2D eigenvalue weighted by Gasteiger charge is -2.06. The van der Waals surface area contributed by atoms with E-state index in [1.165, 1.54) is 12.1 Å². The minimum absolute atomic E-state index is 0.232. The molecule has 2 aromatic carbocycles. The number of aryl methyl sites for hydroxylation is 1. The third kappa shape index (κ3) is 2.01. The normalized spacial score (nSPS) is 10.1. The highest BCUT2D eigenvalue weighted by Gasteiger charge is 2.04. The highest BCUT2D eigenvalue weighted by atomic mass is 19.1. The number of halogens is 1. The average molecular weight is 213 g/mol. The monoisotopic (exact) mass is 213 g/mol. The number of rotatable bonds is 2. The van der Waals surface area contributed by atoms with E-state index in [0.29, 0.717) is 0 Å². The van der Waals surface area contributed by atoms with Crippen LogP contribution in [0.15, 0.2) is 47.5 Å². The largest absolute Gasteiger partial charge is 0.264 e. The van der Waals surface area contributed by atoms with Crippen LogP contribution >= 0.6 is 0 Å². The number of aliphatic imine (C=N–C) groups is 1. The molecule has 0 aliphatic heterocycles. The molecule has 2 heteroatoms. The molecule has 0 saturated heterocycles. The average Bonchev–Trinajstić information content (AvgIpc) is 2.30. The second-order valence-corrected chi connectivity index (χ2v) is 3.69. The van der Waals surface area contributed by atoms with Crippen LogP contribution in [0.25, 0.3) is 11.1 Å². The Bertz CT molecular complexity index is 515. The molecular formula is C14H12FN. The van der Waals surface area contributed by atoms with E-state index >= 15 is 0 Å². The van der Waals surface area contributed by atoms with Gasteiger partial charge in [0.1, 0.15) is 5.82 Å². The van der Waals surface area contributed by atoms with Crippen molar-refractivity contribution in [1.82, 2.24) is 0 Å².